The molecule has 5 nitrogen and oxygen atoms in total. The van der Waals surface area contributed by atoms with Crippen LogP contribution >= 0.6 is 0 Å². The molecule has 0 radical (unpaired) electrons. The zero-order chi connectivity index (χ0) is 10.7. The van der Waals surface area contributed by atoms with Crippen LogP contribution in [0.4, 0.5) is 0 Å². The molecule has 0 bridgehead atoms. The maximum atomic E-state index is 10.9. The normalized spacial score (nSPS) is 13.5. The van der Waals surface area contributed by atoms with Crippen molar-refractivity contribution in [1.82, 2.24) is 0 Å². The molecule has 0 amide bonds. The maximum Gasteiger partial charge on any atom is 0.281 e. The molecule has 0 fully saturated rings. The topological polar surface area (TPSA) is 77.5 Å². The fourth-order valence-electron chi connectivity index (χ4n) is 0.536. The van der Waals surface area contributed by atoms with Gasteiger partial charge in [-0.05, 0) is 5.92 Å². The summed E-state index contributed by atoms with van der Waals surface area (Å²) in [7, 11) is -7.46. The summed E-state index contributed by atoms with van der Waals surface area (Å²) in [6, 6.07) is 0. The van der Waals surface area contributed by atoms with E-state index in [1.165, 1.54) is 0 Å². The summed E-state index contributed by atoms with van der Waals surface area (Å²) in [5.41, 5.74) is 0. The first-order valence-electron chi connectivity index (χ1n) is 3.67. The highest BCUT2D eigenvalue weighted by Crippen LogP contribution is 2.02. The van der Waals surface area contributed by atoms with E-state index < -0.39 is 25.0 Å². The van der Waals surface area contributed by atoms with Crippen molar-refractivity contribution in [3.05, 3.63) is 0 Å². The van der Waals surface area contributed by atoms with Gasteiger partial charge >= 0.3 is 0 Å². The fraction of sp³-hybridized carbons (Fsp3) is 1.00. The lowest BCUT2D eigenvalue weighted by Gasteiger charge is -2.06. The Kier molecular flexibility index (Phi) is 4.34. The van der Waals surface area contributed by atoms with Crippen LogP contribution in [0.3, 0.4) is 0 Å². The Morgan fingerprint density at radius 3 is 1.92 bits per heavy atom. The van der Waals surface area contributed by atoms with Crippen molar-refractivity contribution in [1.29, 1.82) is 0 Å². The second-order valence-electron chi connectivity index (χ2n) is 3.28. The summed E-state index contributed by atoms with van der Waals surface area (Å²) in [6.07, 6.45) is 0.850. The standard InChI is InChI=1S/C6H14O5S2/c1-6(2)4-11-13(9,10)5-12(3,7)8/h6H,4-5H2,1-3H3. The summed E-state index contributed by atoms with van der Waals surface area (Å²) in [5, 5.41) is -0.952. The third-order valence-electron chi connectivity index (χ3n) is 0.939. The Labute approximate surface area is 79.1 Å². The molecule has 7 heteroatoms. The summed E-state index contributed by atoms with van der Waals surface area (Å²) >= 11 is 0. The number of hydrogen-bond donors (Lipinski definition) is 0. The molecular formula is C6H14O5S2. The molecule has 0 aromatic heterocycles. The SMILES string of the molecule is CC(C)COS(=O)(=O)CS(C)(=O)=O. The average molecular weight is 230 g/mol. The van der Waals surface area contributed by atoms with Crippen molar-refractivity contribution >= 4 is 20.0 Å². The first kappa shape index (κ1) is 12.9. The first-order chi connectivity index (χ1) is 5.62. The summed E-state index contributed by atoms with van der Waals surface area (Å²) in [6.45, 7) is 3.56. The second-order valence-corrected chi connectivity index (χ2v) is 7.43. The number of hydrogen-bond acceptors (Lipinski definition) is 5. The Morgan fingerprint density at radius 2 is 1.62 bits per heavy atom. The highest BCUT2D eigenvalue weighted by Gasteiger charge is 2.19. The molecule has 80 valence electrons. The predicted molar refractivity (Wildman–Crippen MR) is 49.4 cm³/mol. The van der Waals surface area contributed by atoms with Crippen LogP contribution in [0.25, 0.3) is 0 Å². The maximum absolute atomic E-state index is 10.9. The minimum atomic E-state index is -3.92. The molecule has 0 aromatic rings. The first-order valence-corrected chi connectivity index (χ1v) is 7.31. The highest BCUT2D eigenvalue weighted by molar-refractivity contribution is 8.05. The van der Waals surface area contributed by atoms with Crippen LogP contribution in [-0.2, 0) is 24.1 Å². The molecule has 0 aliphatic rings. The van der Waals surface area contributed by atoms with E-state index in [9.17, 15) is 16.8 Å². The molecule has 0 rings (SSSR count). The van der Waals surface area contributed by atoms with Gasteiger partial charge in [-0.3, -0.25) is 4.18 Å². The monoisotopic (exact) mass is 230 g/mol. The Morgan fingerprint density at radius 1 is 1.15 bits per heavy atom. The molecular weight excluding hydrogens is 216 g/mol. The number of sulfone groups is 1. The van der Waals surface area contributed by atoms with Crippen molar-refractivity contribution in [2.45, 2.75) is 13.8 Å². The summed E-state index contributed by atoms with van der Waals surface area (Å²) < 4.78 is 47.6. The molecule has 0 atom stereocenters. The van der Waals surface area contributed by atoms with E-state index in [0.717, 1.165) is 6.26 Å². The molecule has 0 saturated carbocycles. The van der Waals surface area contributed by atoms with Crippen molar-refractivity contribution in [3.8, 4) is 0 Å². The van der Waals surface area contributed by atoms with Gasteiger partial charge in [0.05, 0.1) is 6.61 Å². The van der Waals surface area contributed by atoms with Gasteiger partial charge in [0.25, 0.3) is 10.1 Å². The zero-order valence-electron chi connectivity index (χ0n) is 7.85. The van der Waals surface area contributed by atoms with E-state index in [0.29, 0.717) is 0 Å². The molecule has 0 aromatic carbocycles. The Hall–Kier alpha value is -0.140. The molecule has 0 spiro atoms. The molecule has 0 unspecified atom stereocenters. The molecule has 0 saturated heterocycles. The van der Waals surface area contributed by atoms with Gasteiger partial charge in [0, 0.05) is 6.26 Å². The van der Waals surface area contributed by atoms with Gasteiger partial charge in [-0.1, -0.05) is 13.8 Å². The van der Waals surface area contributed by atoms with Gasteiger partial charge < -0.3 is 0 Å². The van der Waals surface area contributed by atoms with Gasteiger partial charge in [-0.2, -0.15) is 8.42 Å². The van der Waals surface area contributed by atoms with Gasteiger partial charge in [0.15, 0.2) is 14.9 Å². The lowest BCUT2D eigenvalue weighted by Crippen LogP contribution is -2.19. The summed E-state index contributed by atoms with van der Waals surface area (Å²) in [4.78, 5) is 0. The second kappa shape index (κ2) is 4.39. The quantitative estimate of drug-likeness (QED) is 0.621. The molecule has 0 aliphatic carbocycles. The van der Waals surface area contributed by atoms with E-state index >= 15 is 0 Å². The molecule has 0 heterocycles. The van der Waals surface area contributed by atoms with Crippen molar-refractivity contribution in [3.63, 3.8) is 0 Å². The van der Waals surface area contributed by atoms with Gasteiger partial charge in [0.1, 0.15) is 0 Å². The van der Waals surface area contributed by atoms with Crippen LogP contribution in [0, 0.1) is 5.92 Å². The lowest BCUT2D eigenvalue weighted by atomic mass is 10.2. The van der Waals surface area contributed by atoms with Crippen molar-refractivity contribution in [2.75, 3.05) is 17.9 Å². The lowest BCUT2D eigenvalue weighted by molar-refractivity contribution is 0.277. The zero-order valence-corrected chi connectivity index (χ0v) is 9.48. The van der Waals surface area contributed by atoms with Crippen LogP contribution in [0.2, 0.25) is 0 Å². The van der Waals surface area contributed by atoms with Gasteiger partial charge in [-0.15, -0.1) is 0 Å². The van der Waals surface area contributed by atoms with Crippen molar-refractivity contribution < 1.29 is 21.0 Å². The predicted octanol–water partition coefficient (Wildman–Crippen LogP) is -0.00910. The number of rotatable bonds is 5. The van der Waals surface area contributed by atoms with Gasteiger partial charge in [0.2, 0.25) is 0 Å². The smallest absolute Gasteiger partial charge is 0.269 e. The van der Waals surface area contributed by atoms with E-state index in [1.807, 2.05) is 0 Å². The third-order valence-corrected chi connectivity index (χ3v) is 4.30. The van der Waals surface area contributed by atoms with Crippen LogP contribution in [0.15, 0.2) is 0 Å². The third kappa shape index (κ3) is 8.20. The molecule has 13 heavy (non-hydrogen) atoms. The fourth-order valence-corrected chi connectivity index (χ4v) is 3.39. The molecule has 0 aliphatic heterocycles. The largest absolute Gasteiger partial charge is 0.281 e. The van der Waals surface area contributed by atoms with Crippen molar-refractivity contribution in [2.24, 2.45) is 5.92 Å². The van der Waals surface area contributed by atoms with Gasteiger partial charge in [-0.25, -0.2) is 8.42 Å². The average Bonchev–Trinajstić information content (AvgIpc) is 1.78. The minimum Gasteiger partial charge on any atom is -0.269 e. The summed E-state index contributed by atoms with van der Waals surface area (Å²) in [5.74, 6) is 0.0503. The van der Waals surface area contributed by atoms with Crippen LogP contribution < -0.4 is 0 Å². The van der Waals surface area contributed by atoms with E-state index in [-0.39, 0.29) is 12.5 Å². The van der Waals surface area contributed by atoms with Crippen LogP contribution in [0.1, 0.15) is 13.8 Å². The van der Waals surface area contributed by atoms with Crippen LogP contribution in [0.5, 0.6) is 0 Å². The van der Waals surface area contributed by atoms with E-state index in [4.69, 9.17) is 0 Å². The molecule has 0 N–H and O–H groups in total. The van der Waals surface area contributed by atoms with Crippen LogP contribution in [-0.4, -0.2) is 34.8 Å². The Bertz CT molecular complexity index is 337. The van der Waals surface area contributed by atoms with E-state index in [2.05, 4.69) is 4.18 Å². The highest BCUT2D eigenvalue weighted by atomic mass is 32.3. The van der Waals surface area contributed by atoms with E-state index in [1.54, 1.807) is 13.8 Å². The Balaban J connectivity index is 4.28. The minimum absolute atomic E-state index is 0.0118.